The van der Waals surface area contributed by atoms with Crippen LogP contribution in [0, 0.1) is 0 Å². The molecule has 0 radical (unpaired) electrons. The number of hydrogen-bond donors (Lipinski definition) is 0. The highest BCUT2D eigenvalue weighted by Gasteiger charge is 2.37. The van der Waals surface area contributed by atoms with Crippen molar-refractivity contribution in [3.63, 3.8) is 0 Å². The maximum Gasteiger partial charge on any atom is 0.214 e. The molecule has 0 unspecified atom stereocenters. The molecule has 0 bridgehead atoms. The van der Waals surface area contributed by atoms with E-state index < -0.39 is 10.0 Å². The molecule has 0 N–H and O–H groups in total. The van der Waals surface area contributed by atoms with Crippen LogP contribution in [0.3, 0.4) is 0 Å². The quantitative estimate of drug-likeness (QED) is 0.830. The summed E-state index contributed by atoms with van der Waals surface area (Å²) in [6.45, 7) is 4.13. The standard InChI is InChI=1S/C18H28N2O2S/c1-3-4-13-23(21,22)19(2)16-10-12-20-11-9-15-7-5-6-8-17(15)18(20)14-16/h5-8,16,18H,3-4,9-14H2,1-2H3/t16-,18-/m0/s1. The van der Waals surface area contributed by atoms with Gasteiger partial charge in [-0.3, -0.25) is 4.90 Å². The summed E-state index contributed by atoms with van der Waals surface area (Å²) in [5, 5.41) is 0. The van der Waals surface area contributed by atoms with Gasteiger partial charge in [-0.1, -0.05) is 37.6 Å². The second-order valence-electron chi connectivity index (χ2n) is 6.86. The smallest absolute Gasteiger partial charge is 0.214 e. The van der Waals surface area contributed by atoms with E-state index in [4.69, 9.17) is 0 Å². The minimum absolute atomic E-state index is 0.129. The monoisotopic (exact) mass is 336 g/mol. The lowest BCUT2D eigenvalue weighted by Gasteiger charge is -2.45. The molecule has 128 valence electrons. The third-order valence-corrected chi connectivity index (χ3v) is 7.46. The summed E-state index contributed by atoms with van der Waals surface area (Å²) in [4.78, 5) is 2.53. The second-order valence-corrected chi connectivity index (χ2v) is 9.01. The van der Waals surface area contributed by atoms with Crippen LogP contribution in [0.15, 0.2) is 24.3 Å². The van der Waals surface area contributed by atoms with Gasteiger partial charge in [0.25, 0.3) is 0 Å². The van der Waals surface area contributed by atoms with Crippen molar-refractivity contribution in [3.8, 4) is 0 Å². The zero-order valence-electron chi connectivity index (χ0n) is 14.2. The Morgan fingerprint density at radius 2 is 2.04 bits per heavy atom. The fourth-order valence-corrected chi connectivity index (χ4v) is 5.55. The van der Waals surface area contributed by atoms with Crippen molar-refractivity contribution < 1.29 is 8.42 Å². The second kappa shape index (κ2) is 6.91. The molecular weight excluding hydrogens is 308 g/mol. The molecule has 5 heteroatoms. The summed E-state index contributed by atoms with van der Waals surface area (Å²) in [5.74, 6) is 0.279. The molecule has 1 aromatic carbocycles. The van der Waals surface area contributed by atoms with Gasteiger partial charge in [0.05, 0.1) is 5.75 Å². The lowest BCUT2D eigenvalue weighted by atomic mass is 9.85. The molecule has 2 atom stereocenters. The van der Waals surface area contributed by atoms with E-state index in [1.807, 2.05) is 6.92 Å². The Labute approximate surface area is 140 Å². The number of hydrogen-bond acceptors (Lipinski definition) is 3. The van der Waals surface area contributed by atoms with Crippen LogP contribution >= 0.6 is 0 Å². The Morgan fingerprint density at radius 3 is 2.83 bits per heavy atom. The number of rotatable bonds is 5. The van der Waals surface area contributed by atoms with E-state index in [-0.39, 0.29) is 11.8 Å². The van der Waals surface area contributed by atoms with Gasteiger partial charge in [0.15, 0.2) is 0 Å². The van der Waals surface area contributed by atoms with Gasteiger partial charge >= 0.3 is 0 Å². The van der Waals surface area contributed by atoms with E-state index in [0.29, 0.717) is 6.04 Å². The largest absolute Gasteiger partial charge is 0.296 e. The van der Waals surface area contributed by atoms with Gasteiger partial charge in [0, 0.05) is 32.2 Å². The first-order valence-corrected chi connectivity index (χ1v) is 10.4. The molecule has 2 aliphatic rings. The predicted molar refractivity (Wildman–Crippen MR) is 93.9 cm³/mol. The van der Waals surface area contributed by atoms with Gasteiger partial charge in [-0.2, -0.15) is 0 Å². The highest BCUT2D eigenvalue weighted by atomic mass is 32.2. The average Bonchev–Trinajstić information content (AvgIpc) is 2.58. The third kappa shape index (κ3) is 3.47. The summed E-state index contributed by atoms with van der Waals surface area (Å²) in [6.07, 6.45) is 4.64. The molecule has 0 saturated carbocycles. The zero-order valence-corrected chi connectivity index (χ0v) is 15.1. The summed E-state index contributed by atoms with van der Waals surface area (Å²) < 4.78 is 26.7. The van der Waals surface area contributed by atoms with Crippen LogP contribution in [0.1, 0.15) is 49.8 Å². The Morgan fingerprint density at radius 1 is 1.26 bits per heavy atom. The van der Waals surface area contributed by atoms with Crippen molar-refractivity contribution in [2.75, 3.05) is 25.9 Å². The Hall–Kier alpha value is -0.910. The Kier molecular flexibility index (Phi) is 5.09. The molecule has 0 aliphatic carbocycles. The normalized spacial score (nSPS) is 25.2. The SMILES string of the molecule is CCCCS(=O)(=O)N(C)[C@H]1CCN2CCc3ccccc3[C@@H]2C1. The number of fused-ring (bicyclic) bond motifs is 3. The van der Waals surface area contributed by atoms with E-state index in [9.17, 15) is 8.42 Å². The summed E-state index contributed by atoms with van der Waals surface area (Å²) in [5.41, 5.74) is 2.84. The van der Waals surface area contributed by atoms with Gasteiger partial charge < -0.3 is 0 Å². The summed E-state index contributed by atoms with van der Waals surface area (Å²) in [6, 6.07) is 9.16. The summed E-state index contributed by atoms with van der Waals surface area (Å²) >= 11 is 0. The van der Waals surface area contributed by atoms with E-state index in [1.165, 1.54) is 11.1 Å². The Bertz CT molecular complexity index is 644. The molecule has 2 heterocycles. The third-order valence-electron chi connectivity index (χ3n) is 5.48. The molecule has 0 spiro atoms. The summed E-state index contributed by atoms with van der Waals surface area (Å²) in [7, 11) is -1.34. The molecule has 2 aliphatic heterocycles. The first-order chi connectivity index (χ1) is 11.0. The molecular formula is C18H28N2O2S. The number of benzene rings is 1. The van der Waals surface area contributed by atoms with E-state index in [2.05, 4.69) is 29.2 Å². The van der Waals surface area contributed by atoms with Crippen LogP contribution in [0.4, 0.5) is 0 Å². The van der Waals surface area contributed by atoms with Crippen molar-refractivity contribution in [2.24, 2.45) is 0 Å². The molecule has 1 saturated heterocycles. The van der Waals surface area contributed by atoms with Crippen molar-refractivity contribution in [1.29, 1.82) is 0 Å². The first-order valence-electron chi connectivity index (χ1n) is 8.80. The fourth-order valence-electron chi connectivity index (χ4n) is 3.97. The van der Waals surface area contributed by atoms with Gasteiger partial charge in [0.2, 0.25) is 10.0 Å². The van der Waals surface area contributed by atoms with Gasteiger partial charge in [-0.05, 0) is 36.8 Å². The van der Waals surface area contributed by atoms with Crippen molar-refractivity contribution in [1.82, 2.24) is 9.21 Å². The average molecular weight is 337 g/mol. The molecule has 23 heavy (non-hydrogen) atoms. The minimum Gasteiger partial charge on any atom is -0.296 e. The van der Waals surface area contributed by atoms with E-state index in [1.54, 1.807) is 11.4 Å². The molecule has 1 fully saturated rings. The Balaban J connectivity index is 1.76. The molecule has 1 aromatic rings. The topological polar surface area (TPSA) is 40.6 Å². The fraction of sp³-hybridized carbons (Fsp3) is 0.667. The van der Waals surface area contributed by atoms with Gasteiger partial charge in [-0.25, -0.2) is 12.7 Å². The molecule has 4 nitrogen and oxygen atoms in total. The van der Waals surface area contributed by atoms with Crippen molar-refractivity contribution in [3.05, 3.63) is 35.4 Å². The lowest BCUT2D eigenvalue weighted by molar-refractivity contribution is 0.0969. The maximum atomic E-state index is 12.5. The van der Waals surface area contributed by atoms with Crippen molar-refractivity contribution in [2.45, 2.75) is 51.1 Å². The predicted octanol–water partition coefficient (Wildman–Crippen LogP) is 2.81. The number of sulfonamides is 1. The first kappa shape index (κ1) is 16.9. The van der Waals surface area contributed by atoms with Crippen molar-refractivity contribution >= 4 is 10.0 Å². The zero-order chi connectivity index (χ0) is 16.4. The van der Waals surface area contributed by atoms with Crippen LogP contribution in [0.2, 0.25) is 0 Å². The van der Waals surface area contributed by atoms with Crippen LogP contribution < -0.4 is 0 Å². The maximum absolute atomic E-state index is 12.5. The van der Waals surface area contributed by atoms with Crippen LogP contribution in [-0.4, -0.2) is 49.6 Å². The van der Waals surface area contributed by atoms with Crippen LogP contribution in [0.5, 0.6) is 0 Å². The van der Waals surface area contributed by atoms with Gasteiger partial charge in [-0.15, -0.1) is 0 Å². The van der Waals surface area contributed by atoms with Gasteiger partial charge in [0.1, 0.15) is 0 Å². The van der Waals surface area contributed by atoms with Crippen LogP contribution in [-0.2, 0) is 16.4 Å². The minimum atomic E-state index is -3.12. The molecule has 3 rings (SSSR count). The highest BCUT2D eigenvalue weighted by molar-refractivity contribution is 7.89. The molecule has 0 aromatic heterocycles. The molecule has 0 amide bonds. The highest BCUT2D eigenvalue weighted by Crippen LogP contribution is 2.38. The van der Waals surface area contributed by atoms with E-state index >= 15 is 0 Å². The van der Waals surface area contributed by atoms with E-state index in [0.717, 1.165) is 45.2 Å². The number of nitrogens with zero attached hydrogens (tertiary/aromatic N) is 2. The van der Waals surface area contributed by atoms with Crippen LogP contribution in [0.25, 0.3) is 0 Å². The number of piperidine rings is 1. The number of unbranched alkanes of at least 4 members (excludes halogenated alkanes) is 1. The lowest BCUT2D eigenvalue weighted by Crippen LogP contribution is -2.49.